The number of nitrogens with one attached hydrogen (secondary N) is 7. The largest absolute Gasteiger partial charge is 0.481 e. The van der Waals surface area contributed by atoms with Crippen molar-refractivity contribution >= 4 is 75.3 Å². The smallest absolute Gasteiger partial charge is 0.303 e. The molecule has 0 spiro atoms. The predicted molar refractivity (Wildman–Crippen MR) is 200 cm³/mol. The van der Waals surface area contributed by atoms with Gasteiger partial charge in [0.15, 0.2) is 0 Å². The molecule has 1 rings (SSSR count). The lowest BCUT2D eigenvalue weighted by Crippen LogP contribution is -2.49. The molecule has 0 radical (unpaired) electrons. The molecule has 0 aromatic heterocycles. The van der Waals surface area contributed by atoms with E-state index in [1.807, 2.05) is 13.8 Å². The van der Waals surface area contributed by atoms with Crippen LogP contribution in [0.25, 0.3) is 0 Å². The van der Waals surface area contributed by atoms with Crippen molar-refractivity contribution in [3.63, 3.8) is 0 Å². The number of nitrogens with zero attached hydrogens (tertiary/aromatic N) is 1. The fourth-order valence-corrected chi connectivity index (χ4v) is 7.25. The minimum Gasteiger partial charge on any atom is -0.481 e. The van der Waals surface area contributed by atoms with Crippen LogP contribution < -0.4 is 37.2 Å². The van der Waals surface area contributed by atoms with Gasteiger partial charge in [0.25, 0.3) is 11.8 Å². The van der Waals surface area contributed by atoms with E-state index in [0.717, 1.165) is 4.90 Å². The zero-order valence-corrected chi connectivity index (χ0v) is 32.2. The number of aliphatic carboxylic acids is 1. The first-order valence-electron chi connectivity index (χ1n) is 17.5. The normalized spacial score (nSPS) is 13.5. The molecule has 0 bridgehead atoms. The van der Waals surface area contributed by atoms with Crippen LogP contribution in [-0.4, -0.2) is 132 Å². The Hall–Kier alpha value is -4.17. The molecule has 8 amide bonds. The highest BCUT2D eigenvalue weighted by atomic mass is 33.1. The molecule has 18 nitrogen and oxygen atoms in total. The van der Waals surface area contributed by atoms with Crippen molar-refractivity contribution in [1.82, 2.24) is 42.1 Å². The van der Waals surface area contributed by atoms with Gasteiger partial charge in [0.2, 0.25) is 35.9 Å². The third-order valence-electron chi connectivity index (χ3n) is 7.55. The van der Waals surface area contributed by atoms with E-state index in [4.69, 9.17) is 5.11 Å². The Balaban J connectivity index is 2.33. The van der Waals surface area contributed by atoms with E-state index >= 15 is 0 Å². The van der Waals surface area contributed by atoms with Crippen LogP contribution in [0.5, 0.6) is 0 Å². The number of carbonyl (C=O) groups is 9. The summed E-state index contributed by atoms with van der Waals surface area (Å²) in [6.07, 6.45) is 6.35. The van der Waals surface area contributed by atoms with Crippen molar-refractivity contribution in [2.45, 2.75) is 89.0 Å². The van der Waals surface area contributed by atoms with E-state index in [9.17, 15) is 43.2 Å². The number of carboxylic acid groups (broad SMARTS) is 1. The highest BCUT2D eigenvalue weighted by Gasteiger charge is 2.23. The van der Waals surface area contributed by atoms with Gasteiger partial charge in [-0.2, -0.15) is 0 Å². The molecule has 2 unspecified atom stereocenters. The molecule has 53 heavy (non-hydrogen) atoms. The number of hydrogen-bond acceptors (Lipinski definition) is 12. The molecule has 0 saturated carbocycles. The van der Waals surface area contributed by atoms with Gasteiger partial charge in [0, 0.05) is 80.7 Å². The third-order valence-corrected chi connectivity index (χ3v) is 11.0. The van der Waals surface area contributed by atoms with Crippen LogP contribution in [0.15, 0.2) is 12.2 Å². The fraction of sp³-hybridized carbons (Fsp3) is 0.667. The third kappa shape index (κ3) is 23.2. The molecule has 1 aliphatic heterocycles. The van der Waals surface area contributed by atoms with Gasteiger partial charge in [-0.15, -0.1) is 0 Å². The van der Waals surface area contributed by atoms with Crippen molar-refractivity contribution in [2.24, 2.45) is 0 Å². The van der Waals surface area contributed by atoms with Gasteiger partial charge in [0.1, 0.15) is 6.04 Å². The van der Waals surface area contributed by atoms with Gasteiger partial charge in [-0.25, -0.2) is 0 Å². The van der Waals surface area contributed by atoms with Crippen LogP contribution in [-0.2, 0) is 43.2 Å². The molecule has 2 atom stereocenters. The van der Waals surface area contributed by atoms with Crippen LogP contribution in [0.3, 0.4) is 0 Å². The van der Waals surface area contributed by atoms with Crippen LogP contribution in [0, 0.1) is 0 Å². The number of carbonyl (C=O) groups excluding carboxylic acids is 8. The zero-order valence-electron chi connectivity index (χ0n) is 30.6. The molecule has 20 heteroatoms. The Morgan fingerprint density at radius 3 is 2.21 bits per heavy atom. The molecule has 0 saturated heterocycles. The second-order valence-corrected chi connectivity index (χ2v) is 15.9. The maximum Gasteiger partial charge on any atom is 0.303 e. The zero-order chi connectivity index (χ0) is 39.6. The lowest BCUT2D eigenvalue weighted by molar-refractivity contribution is -0.138. The van der Waals surface area contributed by atoms with Crippen molar-refractivity contribution in [2.75, 3.05) is 51.6 Å². The lowest BCUT2D eigenvalue weighted by Gasteiger charge is -2.22. The minimum atomic E-state index is -0.888. The Morgan fingerprint density at radius 1 is 0.830 bits per heavy atom. The van der Waals surface area contributed by atoms with Crippen LogP contribution in [0.1, 0.15) is 72.1 Å². The van der Waals surface area contributed by atoms with Crippen molar-refractivity contribution < 1.29 is 48.3 Å². The monoisotopic (exact) mass is 786 g/mol. The molecule has 298 valence electrons. The van der Waals surface area contributed by atoms with Crippen LogP contribution in [0.2, 0.25) is 0 Å². The molecular formula is C33H54N8O10S2. The topological polar surface area (TPSA) is 261 Å². The minimum absolute atomic E-state index is 0.0671. The predicted octanol–water partition coefficient (Wildman–Crippen LogP) is -1.05. The summed E-state index contributed by atoms with van der Waals surface area (Å²) in [7, 11) is 3.14. The number of unbranched alkanes of at least 4 members (excludes halogenated alkanes) is 1. The molecule has 0 fully saturated rings. The lowest BCUT2D eigenvalue weighted by atomic mass is 10.1. The quantitative estimate of drug-likeness (QED) is 0.0187. The van der Waals surface area contributed by atoms with Gasteiger partial charge >= 0.3 is 5.97 Å². The standard InChI is InChI=1S/C33H54N8O10S2/c1-23(39-26(44)8-6-18-52-53-33(2,3)13-11-31(49)50)32(51)38-20-27(45)37-21-28(46)40-24(7-4-5-14-35-22-42)19-34-15-12-25(43)36-16-17-41-29(47)9-10-30(41)48/h9-10,22-24,34H,4-8,11-21H2,1-3H3,(H,35,42)(H,36,43)(H,37,45)(H,38,51)(H,39,44)(H,40,46)(H,49,50). The Kier molecular flexibility index (Phi) is 23.5. The molecule has 0 aliphatic carbocycles. The molecular weight excluding hydrogens is 733 g/mol. The van der Waals surface area contributed by atoms with Gasteiger partial charge < -0.3 is 42.3 Å². The molecule has 0 aromatic rings. The Bertz CT molecular complexity index is 1280. The number of imide groups is 1. The van der Waals surface area contributed by atoms with E-state index in [-0.39, 0.29) is 68.0 Å². The van der Waals surface area contributed by atoms with E-state index < -0.39 is 48.1 Å². The summed E-state index contributed by atoms with van der Waals surface area (Å²) in [6.45, 7) is 5.94. The summed E-state index contributed by atoms with van der Waals surface area (Å²) in [4.78, 5) is 107. The average Bonchev–Trinajstić information content (AvgIpc) is 3.42. The summed E-state index contributed by atoms with van der Waals surface area (Å²) in [6, 6.07) is -1.24. The Morgan fingerprint density at radius 2 is 1.53 bits per heavy atom. The summed E-state index contributed by atoms with van der Waals surface area (Å²) in [5.41, 5.74) is 0. The summed E-state index contributed by atoms with van der Waals surface area (Å²) < 4.78 is -0.212. The van der Waals surface area contributed by atoms with Crippen molar-refractivity contribution in [3.8, 4) is 0 Å². The number of carboxylic acids is 1. The molecule has 1 heterocycles. The first kappa shape index (κ1) is 46.9. The summed E-state index contributed by atoms with van der Waals surface area (Å²) in [5.74, 6) is -3.26. The average molecular weight is 787 g/mol. The SMILES string of the molecule is CC(NC(=O)CCCSSC(C)(C)CCC(=O)O)C(=O)NCC(=O)NCC(=O)NC(CCCCNC=O)CNCCC(=O)NCCN1C(=O)C=CC1=O. The van der Waals surface area contributed by atoms with Gasteiger partial charge in [-0.3, -0.25) is 48.1 Å². The molecule has 1 aliphatic rings. The van der Waals surface area contributed by atoms with Gasteiger partial charge in [-0.1, -0.05) is 21.6 Å². The van der Waals surface area contributed by atoms with Gasteiger partial charge in [-0.05, 0) is 52.9 Å². The van der Waals surface area contributed by atoms with E-state index in [1.54, 1.807) is 21.6 Å². The highest BCUT2D eigenvalue weighted by Crippen LogP contribution is 2.39. The number of hydrogen-bond donors (Lipinski definition) is 8. The molecule has 8 N–H and O–H groups in total. The van der Waals surface area contributed by atoms with E-state index in [1.165, 1.54) is 19.1 Å². The Labute approximate surface area is 317 Å². The summed E-state index contributed by atoms with van der Waals surface area (Å²) >= 11 is 0. The van der Waals surface area contributed by atoms with E-state index in [0.29, 0.717) is 57.4 Å². The maximum absolute atomic E-state index is 12.6. The van der Waals surface area contributed by atoms with Gasteiger partial charge in [0.05, 0.1) is 13.1 Å². The van der Waals surface area contributed by atoms with Crippen molar-refractivity contribution in [3.05, 3.63) is 12.2 Å². The first-order valence-corrected chi connectivity index (χ1v) is 19.8. The van der Waals surface area contributed by atoms with Crippen molar-refractivity contribution in [1.29, 1.82) is 0 Å². The fourth-order valence-electron chi connectivity index (χ4n) is 4.59. The first-order chi connectivity index (χ1) is 25.1. The summed E-state index contributed by atoms with van der Waals surface area (Å²) in [5, 5.41) is 27.5. The van der Waals surface area contributed by atoms with E-state index in [2.05, 4.69) is 37.2 Å². The molecule has 0 aromatic carbocycles. The second-order valence-electron chi connectivity index (χ2n) is 12.7. The maximum atomic E-state index is 12.6. The number of amides is 8. The van der Waals surface area contributed by atoms with Crippen LogP contribution >= 0.6 is 21.6 Å². The number of rotatable bonds is 30. The van der Waals surface area contributed by atoms with Crippen LogP contribution in [0.4, 0.5) is 0 Å². The highest BCUT2D eigenvalue weighted by molar-refractivity contribution is 8.77. The second kappa shape index (κ2) is 26.6.